The highest BCUT2D eigenvalue weighted by Gasteiger charge is 2.16. The van der Waals surface area contributed by atoms with Gasteiger partial charge in [0.25, 0.3) is 0 Å². The van der Waals surface area contributed by atoms with Gasteiger partial charge in [-0.1, -0.05) is 36.4 Å². The fourth-order valence-electron chi connectivity index (χ4n) is 4.01. The van der Waals surface area contributed by atoms with Gasteiger partial charge in [0, 0.05) is 43.9 Å². The summed E-state index contributed by atoms with van der Waals surface area (Å²) in [5.41, 5.74) is 2.49. The molecular weight excluding hydrogens is 474 g/mol. The lowest BCUT2D eigenvalue weighted by atomic mass is 10.0. The number of rotatable bonds is 8. The Balaban J connectivity index is 1.58. The van der Waals surface area contributed by atoms with E-state index in [1.54, 1.807) is 42.9 Å². The number of carboxylic acid groups (broad SMARTS) is 1. The molecule has 5 rings (SSSR count). The molecule has 0 fully saturated rings. The highest BCUT2D eigenvalue weighted by molar-refractivity contribution is 7.22. The smallest absolute Gasteiger partial charge is 0.341 e. The van der Waals surface area contributed by atoms with E-state index in [4.69, 9.17) is 14.6 Å². The van der Waals surface area contributed by atoms with Crippen LogP contribution >= 0.6 is 11.3 Å². The van der Waals surface area contributed by atoms with Gasteiger partial charge in [0.1, 0.15) is 11.5 Å². The third-order valence-electron chi connectivity index (χ3n) is 5.69. The minimum atomic E-state index is -1.10. The number of carbonyl (C=O) groups excluding carboxylic acids is 1. The second-order valence-corrected chi connectivity index (χ2v) is 9.08. The topological polar surface area (TPSA) is 85.7 Å². The van der Waals surface area contributed by atoms with Crippen LogP contribution in [-0.2, 0) is 4.79 Å². The predicted molar refractivity (Wildman–Crippen MR) is 142 cm³/mol. The highest BCUT2D eigenvalue weighted by atomic mass is 32.1. The quantitative estimate of drug-likeness (QED) is 0.196. The van der Waals surface area contributed by atoms with Crippen LogP contribution in [0.25, 0.3) is 37.5 Å². The average Bonchev–Trinajstić information content (AvgIpc) is 3.34. The van der Waals surface area contributed by atoms with E-state index >= 15 is 0 Å². The number of pyridine rings is 1. The Morgan fingerprint density at radius 3 is 2.58 bits per heavy atom. The molecule has 0 aliphatic heterocycles. The minimum Gasteiger partial charge on any atom is -0.496 e. The molecule has 0 bridgehead atoms. The van der Waals surface area contributed by atoms with Crippen molar-refractivity contribution in [2.45, 2.75) is 0 Å². The fraction of sp³-hybridized carbons (Fsp3) is 0.0690. The first-order valence-corrected chi connectivity index (χ1v) is 12.0. The number of para-hydroxylation sites is 1. The number of fused-ring (bicyclic) bond motifs is 2. The number of ether oxygens (including phenoxy) is 2. The van der Waals surface area contributed by atoms with E-state index in [0.29, 0.717) is 28.1 Å². The molecule has 0 unspecified atom stereocenters. The summed E-state index contributed by atoms with van der Waals surface area (Å²) < 4.78 is 12.3. The van der Waals surface area contributed by atoms with Crippen molar-refractivity contribution in [2.75, 3.05) is 13.7 Å². The summed E-state index contributed by atoms with van der Waals surface area (Å²) in [5, 5.41) is 11.1. The zero-order chi connectivity index (χ0) is 25.1. The second-order valence-electron chi connectivity index (χ2n) is 8.00. The van der Waals surface area contributed by atoms with E-state index < -0.39 is 12.6 Å². The van der Waals surface area contributed by atoms with E-state index in [2.05, 4.69) is 17.1 Å². The van der Waals surface area contributed by atoms with Crippen LogP contribution in [0.1, 0.15) is 15.9 Å². The van der Waals surface area contributed by atoms with E-state index in [-0.39, 0.29) is 5.78 Å². The highest BCUT2D eigenvalue weighted by Crippen LogP contribution is 2.41. The first-order valence-electron chi connectivity index (χ1n) is 11.2. The van der Waals surface area contributed by atoms with Gasteiger partial charge in [-0.25, -0.2) is 4.79 Å². The molecule has 0 atom stereocenters. The Labute approximate surface area is 211 Å². The van der Waals surface area contributed by atoms with Crippen molar-refractivity contribution < 1.29 is 24.2 Å². The zero-order valence-corrected chi connectivity index (χ0v) is 20.1. The molecule has 36 heavy (non-hydrogen) atoms. The largest absolute Gasteiger partial charge is 0.496 e. The number of aliphatic carboxylic acids is 1. The predicted octanol–water partition coefficient (Wildman–Crippen LogP) is 6.48. The number of aromatic nitrogens is 1. The van der Waals surface area contributed by atoms with Crippen molar-refractivity contribution in [1.82, 2.24) is 4.98 Å². The maximum Gasteiger partial charge on any atom is 0.341 e. The molecule has 0 radical (unpaired) electrons. The second kappa shape index (κ2) is 10.0. The zero-order valence-electron chi connectivity index (χ0n) is 19.3. The van der Waals surface area contributed by atoms with Crippen molar-refractivity contribution in [3.8, 4) is 21.9 Å². The molecule has 2 heterocycles. The molecule has 0 saturated carbocycles. The summed E-state index contributed by atoms with van der Waals surface area (Å²) in [7, 11) is 1.56. The van der Waals surface area contributed by atoms with Crippen LogP contribution in [0.3, 0.4) is 0 Å². The van der Waals surface area contributed by atoms with Gasteiger partial charge >= 0.3 is 5.97 Å². The maximum atomic E-state index is 13.1. The number of methoxy groups -OCH3 is 1. The van der Waals surface area contributed by atoms with Crippen molar-refractivity contribution in [3.63, 3.8) is 0 Å². The van der Waals surface area contributed by atoms with Crippen LogP contribution in [0.2, 0.25) is 0 Å². The molecule has 5 aromatic rings. The van der Waals surface area contributed by atoms with Gasteiger partial charge < -0.3 is 14.6 Å². The Morgan fingerprint density at radius 1 is 0.972 bits per heavy atom. The summed E-state index contributed by atoms with van der Waals surface area (Å²) in [6.45, 7) is -0.520. The fourth-order valence-corrected chi connectivity index (χ4v) is 5.09. The van der Waals surface area contributed by atoms with E-state index in [1.165, 1.54) is 6.08 Å². The first-order chi connectivity index (χ1) is 17.5. The van der Waals surface area contributed by atoms with E-state index in [9.17, 15) is 9.59 Å². The van der Waals surface area contributed by atoms with Crippen LogP contribution in [0, 0.1) is 0 Å². The van der Waals surface area contributed by atoms with Crippen LogP contribution in [0.4, 0.5) is 0 Å². The molecule has 2 aromatic heterocycles. The molecule has 3 aromatic carbocycles. The third kappa shape index (κ3) is 4.69. The molecule has 7 heteroatoms. The summed E-state index contributed by atoms with van der Waals surface area (Å²) in [4.78, 5) is 29.6. The van der Waals surface area contributed by atoms with Crippen LogP contribution in [0.15, 0.2) is 85.1 Å². The molecule has 1 N–H and O–H groups in total. The maximum absolute atomic E-state index is 13.1. The summed E-state index contributed by atoms with van der Waals surface area (Å²) >= 11 is 1.62. The molecule has 6 nitrogen and oxygen atoms in total. The summed E-state index contributed by atoms with van der Waals surface area (Å²) in [6.07, 6.45) is 4.74. The van der Waals surface area contributed by atoms with Gasteiger partial charge in [0.15, 0.2) is 12.4 Å². The number of nitrogens with zero attached hydrogens (tertiary/aromatic N) is 1. The number of carbonyl (C=O) groups is 2. The Morgan fingerprint density at radius 2 is 1.78 bits per heavy atom. The van der Waals surface area contributed by atoms with Crippen LogP contribution < -0.4 is 9.47 Å². The number of hydrogen-bond acceptors (Lipinski definition) is 6. The molecule has 178 valence electrons. The van der Waals surface area contributed by atoms with Crippen molar-refractivity contribution in [1.29, 1.82) is 0 Å². The number of benzene rings is 3. The van der Waals surface area contributed by atoms with Crippen molar-refractivity contribution in [2.24, 2.45) is 0 Å². The van der Waals surface area contributed by atoms with Gasteiger partial charge in [-0.2, -0.15) is 0 Å². The van der Waals surface area contributed by atoms with Crippen molar-refractivity contribution >= 4 is 50.2 Å². The van der Waals surface area contributed by atoms with Crippen LogP contribution in [0.5, 0.6) is 11.5 Å². The third-order valence-corrected chi connectivity index (χ3v) is 6.84. The van der Waals surface area contributed by atoms with Gasteiger partial charge in [-0.3, -0.25) is 9.78 Å². The van der Waals surface area contributed by atoms with Gasteiger partial charge in [-0.15, -0.1) is 11.3 Å². The number of allylic oxidation sites excluding steroid dienone is 1. The van der Waals surface area contributed by atoms with E-state index in [0.717, 1.165) is 25.9 Å². The molecule has 0 amide bonds. The average molecular weight is 496 g/mol. The van der Waals surface area contributed by atoms with Gasteiger partial charge in [-0.05, 0) is 47.9 Å². The lowest BCUT2D eigenvalue weighted by molar-refractivity contribution is -0.139. The molecule has 0 aliphatic rings. The lowest BCUT2D eigenvalue weighted by Gasteiger charge is -2.13. The lowest BCUT2D eigenvalue weighted by Crippen LogP contribution is -2.10. The number of thiophene rings is 1. The van der Waals surface area contributed by atoms with Crippen LogP contribution in [-0.4, -0.2) is 35.6 Å². The van der Waals surface area contributed by atoms with Gasteiger partial charge in [0.05, 0.1) is 12.6 Å². The Kier molecular flexibility index (Phi) is 6.47. The standard InChI is InChI=1S/C29H21NO5S/c1-34-25-16-24(35-17-28(32)33)19(14-22(25)27-15-20-6-2-3-10-26(20)36-27)11-12-23(31)21-9-4-7-18-8-5-13-30-29(18)21/h2-16H,17H2,1H3,(H,32,33)/b12-11+. The summed E-state index contributed by atoms with van der Waals surface area (Å²) in [5.74, 6) is -0.471. The number of ketones is 1. The number of carboxylic acids is 1. The van der Waals surface area contributed by atoms with Crippen molar-refractivity contribution in [3.05, 3.63) is 96.2 Å². The SMILES string of the molecule is COc1cc(OCC(=O)O)c(/C=C/C(=O)c2cccc3cccnc23)cc1-c1cc2ccccc2s1. The Hall–Kier alpha value is -4.49. The summed E-state index contributed by atoms with van der Waals surface area (Å²) in [6, 6.07) is 22.9. The van der Waals surface area contributed by atoms with Gasteiger partial charge in [0.2, 0.25) is 0 Å². The molecular formula is C29H21NO5S. The monoisotopic (exact) mass is 495 g/mol. The Bertz CT molecular complexity index is 1600. The normalized spacial score (nSPS) is 11.2. The molecule has 0 spiro atoms. The van der Waals surface area contributed by atoms with E-state index in [1.807, 2.05) is 48.5 Å². The minimum absolute atomic E-state index is 0.220. The molecule has 0 aliphatic carbocycles. The molecule has 0 saturated heterocycles. The first kappa shape index (κ1) is 23.3. The number of hydrogen-bond donors (Lipinski definition) is 1.